The van der Waals surface area contributed by atoms with Crippen molar-refractivity contribution in [3.63, 3.8) is 0 Å². The molecule has 0 N–H and O–H groups in total. The van der Waals surface area contributed by atoms with E-state index in [-0.39, 0.29) is 0 Å². The number of rotatable bonds is 8. The number of hydrogen-bond donors (Lipinski definition) is 0. The van der Waals surface area contributed by atoms with Gasteiger partial charge in [-0.25, -0.2) is 0 Å². The lowest BCUT2D eigenvalue weighted by Crippen LogP contribution is -2.15. The van der Waals surface area contributed by atoms with E-state index in [4.69, 9.17) is 0 Å². The topological polar surface area (TPSA) is 0 Å². The summed E-state index contributed by atoms with van der Waals surface area (Å²) in [5, 5.41) is 0. The van der Waals surface area contributed by atoms with Crippen molar-refractivity contribution < 1.29 is 0 Å². The fraction of sp³-hybridized carbons (Fsp3) is 0.700. The molecule has 2 rings (SSSR count). The highest BCUT2D eigenvalue weighted by molar-refractivity contribution is 5.14. The Morgan fingerprint density at radius 1 is 0.900 bits per heavy atom. The first kappa shape index (κ1) is 15.6. The van der Waals surface area contributed by atoms with E-state index in [0.717, 1.165) is 11.8 Å². The summed E-state index contributed by atoms with van der Waals surface area (Å²) in [5.74, 6) is 2.10. The molecule has 0 radical (unpaired) electrons. The van der Waals surface area contributed by atoms with E-state index in [0.29, 0.717) is 0 Å². The molecule has 1 aromatic rings. The predicted molar refractivity (Wildman–Crippen MR) is 89.0 cm³/mol. The van der Waals surface area contributed by atoms with Crippen LogP contribution in [0.1, 0.15) is 76.7 Å². The smallest absolute Gasteiger partial charge is 0.0279 e. The normalized spacial score (nSPS) is 22.9. The summed E-state index contributed by atoms with van der Waals surface area (Å²) < 4.78 is 0. The van der Waals surface area contributed by atoms with E-state index in [1.165, 1.54) is 76.2 Å². The third-order valence-electron chi connectivity index (χ3n) is 5.03. The predicted octanol–water partition coefficient (Wildman–Crippen LogP) is 6.40. The molecule has 0 spiro atoms. The van der Waals surface area contributed by atoms with Gasteiger partial charge in [-0.2, -0.15) is 0 Å². The highest BCUT2D eigenvalue weighted by atomic mass is 14.3. The van der Waals surface area contributed by atoms with Crippen LogP contribution in [-0.2, 0) is 6.42 Å². The molecule has 1 aliphatic carbocycles. The Morgan fingerprint density at radius 3 is 2.30 bits per heavy atom. The lowest BCUT2D eigenvalue weighted by atomic mass is 9.77. The van der Waals surface area contributed by atoms with Crippen molar-refractivity contribution in [3.05, 3.63) is 35.9 Å². The fourth-order valence-electron chi connectivity index (χ4n) is 3.83. The number of aryl methyl sites for hydroxylation is 1. The maximum absolute atomic E-state index is 2.32. The van der Waals surface area contributed by atoms with Crippen LogP contribution in [0.15, 0.2) is 30.3 Å². The highest BCUT2D eigenvalue weighted by Gasteiger charge is 2.20. The molecule has 0 bridgehead atoms. The first-order chi connectivity index (χ1) is 9.88. The summed E-state index contributed by atoms with van der Waals surface area (Å²) in [7, 11) is 0. The van der Waals surface area contributed by atoms with Crippen LogP contribution in [-0.4, -0.2) is 0 Å². The van der Waals surface area contributed by atoms with Gasteiger partial charge in [0.2, 0.25) is 0 Å². The summed E-state index contributed by atoms with van der Waals surface area (Å²) in [4.78, 5) is 0. The van der Waals surface area contributed by atoms with Gasteiger partial charge in [0.05, 0.1) is 0 Å². The van der Waals surface area contributed by atoms with Crippen molar-refractivity contribution >= 4 is 0 Å². The quantitative estimate of drug-likeness (QED) is 0.481. The fourth-order valence-corrected chi connectivity index (χ4v) is 3.83. The Bertz CT molecular complexity index is 340. The summed E-state index contributed by atoms with van der Waals surface area (Å²) in [6, 6.07) is 11.0. The minimum Gasteiger partial charge on any atom is -0.0654 e. The minimum atomic E-state index is 1.04. The van der Waals surface area contributed by atoms with Crippen LogP contribution in [0.4, 0.5) is 0 Å². The second-order valence-electron chi connectivity index (χ2n) is 6.77. The molecule has 0 saturated heterocycles. The first-order valence-electron chi connectivity index (χ1n) is 8.92. The van der Waals surface area contributed by atoms with Gasteiger partial charge in [0.15, 0.2) is 0 Å². The van der Waals surface area contributed by atoms with Crippen LogP contribution in [0.25, 0.3) is 0 Å². The molecule has 20 heavy (non-hydrogen) atoms. The van der Waals surface area contributed by atoms with E-state index in [9.17, 15) is 0 Å². The molecule has 0 heteroatoms. The zero-order chi connectivity index (χ0) is 14.0. The maximum Gasteiger partial charge on any atom is -0.0279 e. The summed E-state index contributed by atoms with van der Waals surface area (Å²) >= 11 is 0. The molecule has 1 fully saturated rings. The molecule has 1 aliphatic rings. The summed E-state index contributed by atoms with van der Waals surface area (Å²) in [5.41, 5.74) is 1.51. The molecular weight excluding hydrogens is 240 g/mol. The first-order valence-corrected chi connectivity index (χ1v) is 8.92. The van der Waals surface area contributed by atoms with Gasteiger partial charge in [-0.3, -0.25) is 0 Å². The molecule has 0 heterocycles. The van der Waals surface area contributed by atoms with Gasteiger partial charge in [0, 0.05) is 0 Å². The molecule has 2 atom stereocenters. The van der Waals surface area contributed by atoms with Crippen LogP contribution in [0.3, 0.4) is 0 Å². The van der Waals surface area contributed by atoms with E-state index in [1.54, 1.807) is 0 Å². The van der Waals surface area contributed by atoms with Gasteiger partial charge in [-0.15, -0.1) is 0 Å². The van der Waals surface area contributed by atoms with Gasteiger partial charge in [0.25, 0.3) is 0 Å². The average molecular weight is 272 g/mol. The molecule has 1 saturated carbocycles. The van der Waals surface area contributed by atoms with E-state index in [2.05, 4.69) is 37.3 Å². The Morgan fingerprint density at radius 2 is 1.60 bits per heavy atom. The lowest BCUT2D eigenvalue weighted by molar-refractivity contribution is 0.236. The molecule has 2 unspecified atom stereocenters. The van der Waals surface area contributed by atoms with Crippen LogP contribution < -0.4 is 0 Å². The van der Waals surface area contributed by atoms with Crippen LogP contribution in [0.5, 0.6) is 0 Å². The summed E-state index contributed by atoms with van der Waals surface area (Å²) in [6.45, 7) is 2.32. The third kappa shape index (κ3) is 5.69. The molecule has 1 aromatic carbocycles. The van der Waals surface area contributed by atoms with E-state index < -0.39 is 0 Å². The van der Waals surface area contributed by atoms with Gasteiger partial charge < -0.3 is 0 Å². The van der Waals surface area contributed by atoms with Gasteiger partial charge in [-0.1, -0.05) is 88.6 Å². The van der Waals surface area contributed by atoms with Gasteiger partial charge in [-0.05, 0) is 36.7 Å². The molecular formula is C20H32. The minimum absolute atomic E-state index is 1.04. The second-order valence-corrected chi connectivity index (χ2v) is 6.77. The maximum atomic E-state index is 2.32. The Hall–Kier alpha value is -0.780. The number of unbranched alkanes of at least 4 members (excludes halogenated alkanes) is 2. The Labute approximate surface area is 126 Å². The van der Waals surface area contributed by atoms with Crippen molar-refractivity contribution in [2.24, 2.45) is 11.8 Å². The van der Waals surface area contributed by atoms with Gasteiger partial charge in [0.1, 0.15) is 0 Å². The largest absolute Gasteiger partial charge is 0.0654 e. The lowest BCUT2D eigenvalue weighted by Gasteiger charge is -2.29. The van der Waals surface area contributed by atoms with Crippen molar-refractivity contribution in [2.45, 2.75) is 77.6 Å². The van der Waals surface area contributed by atoms with Crippen molar-refractivity contribution in [1.82, 2.24) is 0 Å². The highest BCUT2D eigenvalue weighted by Crippen LogP contribution is 2.34. The molecule has 0 nitrogen and oxygen atoms in total. The van der Waals surface area contributed by atoms with Crippen LogP contribution in [0.2, 0.25) is 0 Å². The number of benzene rings is 1. The van der Waals surface area contributed by atoms with E-state index in [1.807, 2.05) is 0 Å². The Kier molecular flexibility index (Phi) is 7.19. The Balaban J connectivity index is 1.59. The molecule has 0 aromatic heterocycles. The van der Waals surface area contributed by atoms with Crippen molar-refractivity contribution in [2.75, 3.05) is 0 Å². The zero-order valence-electron chi connectivity index (χ0n) is 13.3. The summed E-state index contributed by atoms with van der Waals surface area (Å²) in [6.07, 6.45) is 15.9. The van der Waals surface area contributed by atoms with E-state index >= 15 is 0 Å². The standard InChI is InChI=1S/C20H32/c1-2-3-10-19-15-9-16-20(17-19)14-8-7-13-18-11-5-4-6-12-18/h4-6,11-12,19-20H,2-3,7-10,13-17H2,1H3. The van der Waals surface area contributed by atoms with Gasteiger partial charge >= 0.3 is 0 Å². The second kappa shape index (κ2) is 9.21. The van der Waals surface area contributed by atoms with Crippen LogP contribution >= 0.6 is 0 Å². The van der Waals surface area contributed by atoms with Crippen LogP contribution in [0, 0.1) is 11.8 Å². The van der Waals surface area contributed by atoms with Crippen molar-refractivity contribution in [1.29, 1.82) is 0 Å². The molecule has 0 aliphatic heterocycles. The third-order valence-corrected chi connectivity index (χ3v) is 5.03. The zero-order valence-corrected chi connectivity index (χ0v) is 13.3. The monoisotopic (exact) mass is 272 g/mol. The average Bonchev–Trinajstić information content (AvgIpc) is 2.51. The molecule has 112 valence electrons. The number of hydrogen-bond acceptors (Lipinski definition) is 0. The SMILES string of the molecule is CCCCC1CCCC(CCCCc2ccccc2)C1. The van der Waals surface area contributed by atoms with Crippen molar-refractivity contribution in [3.8, 4) is 0 Å². The molecule has 0 amide bonds.